The highest BCUT2D eigenvalue weighted by molar-refractivity contribution is 6.08. The molecule has 3 aromatic rings. The highest BCUT2D eigenvalue weighted by Gasteiger charge is 2.33. The van der Waals surface area contributed by atoms with Gasteiger partial charge < -0.3 is 15.0 Å². The average Bonchev–Trinajstić information content (AvgIpc) is 3.26. The van der Waals surface area contributed by atoms with Crippen LogP contribution in [-0.4, -0.2) is 51.7 Å². The molecule has 34 heavy (non-hydrogen) atoms. The quantitative estimate of drug-likeness (QED) is 0.617. The van der Waals surface area contributed by atoms with Crippen LogP contribution in [0.15, 0.2) is 54.5 Å². The molecule has 0 saturated carbocycles. The molecule has 1 aliphatic carbocycles. The SMILES string of the molecule is CN1C(=O)[C@@H](NC(=O)c2n[nH]c(CC3(C)C=CC(F)=CC3)n2)COc2ccc3ncccc3c21. The summed E-state index contributed by atoms with van der Waals surface area (Å²) in [6.07, 6.45) is 7.40. The monoisotopic (exact) mass is 462 g/mol. The van der Waals surface area contributed by atoms with Crippen LogP contribution >= 0.6 is 0 Å². The second-order valence-electron chi connectivity index (χ2n) is 8.78. The molecule has 9 nitrogen and oxygen atoms in total. The first kappa shape index (κ1) is 21.7. The van der Waals surface area contributed by atoms with Gasteiger partial charge in [-0.1, -0.05) is 13.0 Å². The summed E-state index contributed by atoms with van der Waals surface area (Å²) in [5.41, 5.74) is 1.01. The Morgan fingerprint density at radius 1 is 1.38 bits per heavy atom. The van der Waals surface area contributed by atoms with Crippen molar-refractivity contribution in [2.75, 3.05) is 18.6 Å². The molecule has 0 saturated heterocycles. The zero-order valence-corrected chi connectivity index (χ0v) is 18.7. The first-order valence-corrected chi connectivity index (χ1v) is 10.9. The lowest BCUT2D eigenvalue weighted by Gasteiger charge is -2.25. The van der Waals surface area contributed by atoms with Gasteiger partial charge in [0.25, 0.3) is 11.8 Å². The van der Waals surface area contributed by atoms with E-state index in [9.17, 15) is 14.0 Å². The molecule has 2 aromatic heterocycles. The summed E-state index contributed by atoms with van der Waals surface area (Å²) in [7, 11) is 1.64. The lowest BCUT2D eigenvalue weighted by molar-refractivity contribution is -0.120. The summed E-state index contributed by atoms with van der Waals surface area (Å²) in [6.45, 7) is 1.94. The number of aromatic amines is 1. The zero-order chi connectivity index (χ0) is 23.9. The number of fused-ring (bicyclic) bond motifs is 3. The molecule has 1 unspecified atom stereocenters. The number of likely N-dealkylation sites (N-methyl/N-ethyl adjacent to an activating group) is 1. The molecule has 2 N–H and O–H groups in total. The zero-order valence-electron chi connectivity index (χ0n) is 18.7. The molecule has 1 aliphatic heterocycles. The Labute approximate surface area is 194 Å². The number of carbonyl (C=O) groups is 2. The number of H-pyrrole nitrogens is 1. The Balaban J connectivity index is 1.30. The van der Waals surface area contributed by atoms with Crippen molar-refractivity contribution in [3.05, 3.63) is 66.2 Å². The highest BCUT2D eigenvalue weighted by Crippen LogP contribution is 2.37. The third kappa shape index (κ3) is 4.02. The number of anilines is 1. The van der Waals surface area contributed by atoms with Crippen molar-refractivity contribution in [3.63, 3.8) is 0 Å². The largest absolute Gasteiger partial charge is 0.489 e. The maximum atomic E-state index is 13.3. The van der Waals surface area contributed by atoms with E-state index in [1.54, 1.807) is 31.5 Å². The van der Waals surface area contributed by atoms with Crippen molar-refractivity contribution < 1.29 is 18.7 Å². The van der Waals surface area contributed by atoms with Crippen LogP contribution in [0, 0.1) is 5.41 Å². The Hall–Kier alpha value is -4.08. The van der Waals surface area contributed by atoms with Crippen LogP contribution in [0.5, 0.6) is 5.75 Å². The Morgan fingerprint density at radius 3 is 3.03 bits per heavy atom. The van der Waals surface area contributed by atoms with Gasteiger partial charge in [-0.05, 0) is 48.3 Å². The molecule has 10 heteroatoms. The van der Waals surface area contributed by atoms with Gasteiger partial charge in [-0.3, -0.25) is 19.7 Å². The number of nitrogens with one attached hydrogen (secondary N) is 2. The van der Waals surface area contributed by atoms with Crippen molar-refractivity contribution in [2.24, 2.45) is 5.41 Å². The van der Waals surface area contributed by atoms with Gasteiger partial charge in [0.15, 0.2) is 0 Å². The standard InChI is InChI=1S/C24H23FN6O3/c1-24(9-7-14(25)8-10-24)12-19-28-21(30-29-19)22(32)27-17-13-34-18-6-5-16-15(4-3-11-26-16)20(18)31(2)23(17)33/h3-9,11,17H,10,12-13H2,1-2H3,(H,27,32)(H,28,29,30)/t17-,24?/m0/s1. The lowest BCUT2D eigenvalue weighted by Crippen LogP contribution is -2.49. The van der Waals surface area contributed by atoms with Crippen molar-refractivity contribution in [1.82, 2.24) is 25.5 Å². The first-order valence-electron chi connectivity index (χ1n) is 10.9. The second kappa shape index (κ2) is 8.36. The molecular weight excluding hydrogens is 439 g/mol. The van der Waals surface area contributed by atoms with Crippen LogP contribution in [0.1, 0.15) is 29.8 Å². The summed E-state index contributed by atoms with van der Waals surface area (Å²) in [6, 6.07) is 6.33. The molecule has 1 aromatic carbocycles. The highest BCUT2D eigenvalue weighted by atomic mass is 19.1. The summed E-state index contributed by atoms with van der Waals surface area (Å²) in [4.78, 5) is 36.1. The lowest BCUT2D eigenvalue weighted by atomic mass is 9.80. The number of amides is 2. The molecule has 3 heterocycles. The first-order chi connectivity index (χ1) is 16.3. The molecular formula is C24H23FN6O3. The summed E-state index contributed by atoms with van der Waals surface area (Å²) < 4.78 is 19.2. The van der Waals surface area contributed by atoms with E-state index in [0.717, 1.165) is 10.9 Å². The number of rotatable bonds is 4. The van der Waals surface area contributed by atoms with Gasteiger partial charge in [0.05, 0.1) is 11.2 Å². The van der Waals surface area contributed by atoms with Gasteiger partial charge in [0.2, 0.25) is 5.82 Å². The molecule has 0 spiro atoms. The normalized spacial score (nSPS) is 22.1. The van der Waals surface area contributed by atoms with E-state index < -0.39 is 11.9 Å². The molecule has 0 bridgehead atoms. The van der Waals surface area contributed by atoms with Gasteiger partial charge in [-0.25, -0.2) is 9.37 Å². The van der Waals surface area contributed by atoms with Crippen LogP contribution < -0.4 is 15.0 Å². The van der Waals surface area contributed by atoms with Crippen molar-refractivity contribution in [3.8, 4) is 5.75 Å². The van der Waals surface area contributed by atoms with Crippen LogP contribution in [0.2, 0.25) is 0 Å². The summed E-state index contributed by atoms with van der Waals surface area (Å²) in [5.74, 6) is -0.222. The van der Waals surface area contributed by atoms with Gasteiger partial charge in [0.1, 0.15) is 30.0 Å². The van der Waals surface area contributed by atoms with Gasteiger partial charge >= 0.3 is 0 Å². The van der Waals surface area contributed by atoms with E-state index in [0.29, 0.717) is 30.1 Å². The number of halogens is 1. The molecule has 2 aliphatic rings. The summed E-state index contributed by atoms with van der Waals surface area (Å²) >= 11 is 0. The minimum atomic E-state index is -0.925. The van der Waals surface area contributed by atoms with Crippen molar-refractivity contribution in [2.45, 2.75) is 25.8 Å². The van der Waals surface area contributed by atoms with Crippen molar-refractivity contribution in [1.29, 1.82) is 0 Å². The topological polar surface area (TPSA) is 113 Å². The molecule has 2 atom stereocenters. The Kier molecular flexibility index (Phi) is 5.35. The van der Waals surface area contributed by atoms with E-state index >= 15 is 0 Å². The number of hydrogen-bond acceptors (Lipinski definition) is 6. The number of carbonyl (C=O) groups excluding carboxylic acids is 2. The third-order valence-corrected chi connectivity index (χ3v) is 6.11. The van der Waals surface area contributed by atoms with Crippen LogP contribution in [0.25, 0.3) is 10.9 Å². The number of allylic oxidation sites excluding steroid dienone is 4. The molecule has 0 fully saturated rings. The maximum Gasteiger partial charge on any atom is 0.291 e. The summed E-state index contributed by atoms with van der Waals surface area (Å²) in [5, 5.41) is 10.2. The molecule has 0 radical (unpaired) electrons. The molecule has 5 rings (SSSR count). The predicted molar refractivity (Wildman–Crippen MR) is 123 cm³/mol. The minimum Gasteiger partial charge on any atom is -0.489 e. The van der Waals surface area contributed by atoms with Crippen LogP contribution in [0.3, 0.4) is 0 Å². The Morgan fingerprint density at radius 2 is 2.24 bits per heavy atom. The number of ether oxygens (including phenoxy) is 1. The van der Waals surface area contributed by atoms with Crippen LogP contribution in [-0.2, 0) is 11.2 Å². The number of nitrogens with zero attached hydrogens (tertiary/aromatic N) is 4. The Bertz CT molecular complexity index is 1350. The van der Waals surface area contributed by atoms with E-state index in [4.69, 9.17) is 4.74 Å². The maximum absolute atomic E-state index is 13.3. The van der Waals surface area contributed by atoms with Gasteiger partial charge in [-0.15, -0.1) is 5.10 Å². The molecule has 174 valence electrons. The number of hydrogen-bond donors (Lipinski definition) is 2. The number of benzene rings is 1. The van der Waals surface area contributed by atoms with E-state index in [1.807, 2.05) is 19.1 Å². The smallest absolute Gasteiger partial charge is 0.291 e. The fraction of sp³-hybridized carbons (Fsp3) is 0.292. The van der Waals surface area contributed by atoms with E-state index in [2.05, 4.69) is 25.5 Å². The van der Waals surface area contributed by atoms with E-state index in [1.165, 1.54) is 17.1 Å². The van der Waals surface area contributed by atoms with Crippen molar-refractivity contribution >= 4 is 28.4 Å². The fourth-order valence-electron chi connectivity index (χ4n) is 4.23. The average molecular weight is 462 g/mol. The fourth-order valence-corrected chi connectivity index (χ4v) is 4.23. The minimum absolute atomic E-state index is 0.0360. The van der Waals surface area contributed by atoms with E-state index in [-0.39, 0.29) is 29.6 Å². The molecule has 2 amide bonds. The second-order valence-corrected chi connectivity index (χ2v) is 8.78. The van der Waals surface area contributed by atoms with Crippen LogP contribution in [0.4, 0.5) is 10.1 Å². The van der Waals surface area contributed by atoms with Gasteiger partial charge in [-0.2, -0.15) is 0 Å². The third-order valence-electron chi connectivity index (χ3n) is 6.11. The predicted octanol–water partition coefficient (Wildman–Crippen LogP) is 2.87. The van der Waals surface area contributed by atoms with Gasteiger partial charge in [0, 0.05) is 25.1 Å². The number of aromatic nitrogens is 4. The number of pyridine rings is 1.